The molecule has 0 spiro atoms. The molecule has 9 heteroatoms. The molecular formula is C22H23N5O3S. The molecule has 1 fully saturated rings. The highest BCUT2D eigenvalue weighted by molar-refractivity contribution is 7.13. The van der Waals surface area contributed by atoms with E-state index in [1.807, 2.05) is 29.6 Å². The van der Waals surface area contributed by atoms with Gasteiger partial charge in [0.2, 0.25) is 5.91 Å². The first-order valence-electron chi connectivity index (χ1n) is 9.99. The molecule has 1 aromatic carbocycles. The van der Waals surface area contributed by atoms with E-state index >= 15 is 0 Å². The molecule has 1 aliphatic heterocycles. The number of amides is 2. The lowest BCUT2D eigenvalue weighted by Gasteiger charge is -2.35. The van der Waals surface area contributed by atoms with E-state index in [2.05, 4.69) is 20.4 Å². The van der Waals surface area contributed by atoms with Crippen LogP contribution in [0.1, 0.15) is 6.92 Å². The second-order valence-corrected chi connectivity index (χ2v) is 8.07. The first kappa shape index (κ1) is 20.8. The van der Waals surface area contributed by atoms with Crippen molar-refractivity contribution in [2.45, 2.75) is 6.92 Å². The fourth-order valence-electron chi connectivity index (χ4n) is 3.34. The van der Waals surface area contributed by atoms with Crippen LogP contribution in [0.25, 0.3) is 10.6 Å². The van der Waals surface area contributed by atoms with Crippen molar-refractivity contribution in [3.05, 3.63) is 53.9 Å². The van der Waals surface area contributed by atoms with E-state index in [0.29, 0.717) is 37.6 Å². The second kappa shape index (κ2) is 9.57. The van der Waals surface area contributed by atoms with Gasteiger partial charge in [0.15, 0.2) is 12.4 Å². The number of piperazine rings is 1. The topological polar surface area (TPSA) is 87.7 Å². The third-order valence-corrected chi connectivity index (χ3v) is 5.79. The number of thiophene rings is 1. The van der Waals surface area contributed by atoms with Gasteiger partial charge in [-0.15, -0.1) is 21.5 Å². The fraction of sp³-hybridized carbons (Fsp3) is 0.273. The quantitative estimate of drug-likeness (QED) is 0.638. The lowest BCUT2D eigenvalue weighted by molar-refractivity contribution is -0.133. The largest absolute Gasteiger partial charge is 0.484 e. The van der Waals surface area contributed by atoms with Crippen molar-refractivity contribution in [3.63, 3.8) is 0 Å². The van der Waals surface area contributed by atoms with Gasteiger partial charge in [-0.25, -0.2) is 0 Å². The van der Waals surface area contributed by atoms with Crippen molar-refractivity contribution in [2.75, 3.05) is 43.0 Å². The Morgan fingerprint density at radius 1 is 1.06 bits per heavy atom. The highest BCUT2D eigenvalue weighted by Crippen LogP contribution is 2.23. The maximum atomic E-state index is 12.5. The van der Waals surface area contributed by atoms with E-state index in [0.717, 1.165) is 16.4 Å². The predicted molar refractivity (Wildman–Crippen MR) is 120 cm³/mol. The van der Waals surface area contributed by atoms with E-state index in [1.54, 1.807) is 40.5 Å². The van der Waals surface area contributed by atoms with Gasteiger partial charge in [-0.2, -0.15) is 0 Å². The number of anilines is 2. The summed E-state index contributed by atoms with van der Waals surface area (Å²) >= 11 is 1.64. The van der Waals surface area contributed by atoms with Crippen LogP contribution >= 0.6 is 11.3 Å². The molecule has 31 heavy (non-hydrogen) atoms. The summed E-state index contributed by atoms with van der Waals surface area (Å²) < 4.78 is 5.63. The summed E-state index contributed by atoms with van der Waals surface area (Å²) in [6.45, 7) is 3.98. The molecule has 0 unspecified atom stereocenters. The Morgan fingerprint density at radius 3 is 2.58 bits per heavy atom. The van der Waals surface area contributed by atoms with Crippen LogP contribution in [0.3, 0.4) is 0 Å². The van der Waals surface area contributed by atoms with Crippen LogP contribution in [0.2, 0.25) is 0 Å². The molecule has 3 heterocycles. The number of ether oxygens (including phenoxy) is 1. The maximum absolute atomic E-state index is 12.5. The Kier molecular flexibility index (Phi) is 6.42. The van der Waals surface area contributed by atoms with Gasteiger partial charge in [0.25, 0.3) is 5.91 Å². The van der Waals surface area contributed by atoms with Gasteiger partial charge in [-0.3, -0.25) is 9.59 Å². The zero-order chi connectivity index (χ0) is 21.6. The van der Waals surface area contributed by atoms with Crippen molar-refractivity contribution in [1.29, 1.82) is 0 Å². The highest BCUT2D eigenvalue weighted by Gasteiger charge is 2.22. The van der Waals surface area contributed by atoms with Crippen molar-refractivity contribution in [3.8, 4) is 16.3 Å². The molecule has 0 bridgehead atoms. The van der Waals surface area contributed by atoms with Crippen LogP contribution < -0.4 is 15.0 Å². The molecule has 2 aromatic heterocycles. The van der Waals surface area contributed by atoms with E-state index < -0.39 is 0 Å². The summed E-state index contributed by atoms with van der Waals surface area (Å²) in [6, 6.07) is 15.0. The third-order valence-electron chi connectivity index (χ3n) is 4.90. The molecule has 3 aromatic rings. The van der Waals surface area contributed by atoms with Gasteiger partial charge in [0.05, 0.1) is 4.88 Å². The SMILES string of the molecule is CC(=O)Nc1cccc(OCC(=O)N2CCN(c3ccc(-c4cccs4)nn3)CC2)c1. The highest BCUT2D eigenvalue weighted by atomic mass is 32.1. The predicted octanol–water partition coefficient (Wildman–Crippen LogP) is 2.89. The van der Waals surface area contributed by atoms with Crippen LogP contribution in [-0.2, 0) is 9.59 Å². The summed E-state index contributed by atoms with van der Waals surface area (Å²) in [6.07, 6.45) is 0. The first-order valence-corrected chi connectivity index (χ1v) is 10.9. The number of rotatable bonds is 6. The molecular weight excluding hydrogens is 414 g/mol. The number of nitrogens with one attached hydrogen (secondary N) is 1. The number of benzene rings is 1. The van der Waals surface area contributed by atoms with Crippen LogP contribution in [0, 0.1) is 0 Å². The summed E-state index contributed by atoms with van der Waals surface area (Å²) in [7, 11) is 0. The summed E-state index contributed by atoms with van der Waals surface area (Å²) in [5, 5.41) is 13.4. The van der Waals surface area contributed by atoms with Gasteiger partial charge >= 0.3 is 0 Å². The smallest absolute Gasteiger partial charge is 0.260 e. The summed E-state index contributed by atoms with van der Waals surface area (Å²) in [5.41, 5.74) is 1.50. The zero-order valence-electron chi connectivity index (χ0n) is 17.2. The van der Waals surface area contributed by atoms with E-state index in [-0.39, 0.29) is 18.4 Å². The molecule has 4 rings (SSSR count). The standard InChI is InChI=1S/C22H23N5O3S/c1-16(28)23-17-4-2-5-18(14-17)30-15-22(29)27-11-9-26(10-12-27)21-8-7-19(24-25-21)20-6-3-13-31-20/h2-8,13-14H,9-12,15H2,1H3,(H,23,28). The average Bonchev–Trinajstić information content (AvgIpc) is 3.33. The second-order valence-electron chi connectivity index (χ2n) is 7.12. The van der Waals surface area contributed by atoms with Crippen LogP contribution in [-0.4, -0.2) is 59.7 Å². The van der Waals surface area contributed by atoms with Gasteiger partial charge < -0.3 is 19.9 Å². The normalized spacial score (nSPS) is 13.7. The Hall–Kier alpha value is -3.46. The van der Waals surface area contributed by atoms with Gasteiger partial charge in [0.1, 0.15) is 11.4 Å². The summed E-state index contributed by atoms with van der Waals surface area (Å²) in [4.78, 5) is 28.7. The average molecular weight is 438 g/mol. The Labute approximate surface area is 184 Å². The van der Waals surface area contributed by atoms with Crippen molar-refractivity contribution in [2.24, 2.45) is 0 Å². The third kappa shape index (κ3) is 5.37. The molecule has 1 aliphatic rings. The minimum absolute atomic E-state index is 0.0428. The Bertz CT molecular complexity index is 1030. The van der Waals surface area contributed by atoms with Crippen molar-refractivity contribution >= 4 is 34.7 Å². The van der Waals surface area contributed by atoms with Gasteiger partial charge in [-0.1, -0.05) is 12.1 Å². The van der Waals surface area contributed by atoms with E-state index in [4.69, 9.17) is 4.74 Å². The van der Waals surface area contributed by atoms with Gasteiger partial charge in [-0.05, 0) is 35.7 Å². The molecule has 160 valence electrons. The molecule has 0 atom stereocenters. The molecule has 0 aliphatic carbocycles. The lowest BCUT2D eigenvalue weighted by Crippen LogP contribution is -2.50. The number of nitrogens with zero attached hydrogens (tertiary/aromatic N) is 4. The minimum atomic E-state index is -0.156. The molecule has 1 N–H and O–H groups in total. The number of carbonyl (C=O) groups is 2. The van der Waals surface area contributed by atoms with Crippen LogP contribution in [0.4, 0.5) is 11.5 Å². The Morgan fingerprint density at radius 2 is 1.90 bits per heavy atom. The number of hydrogen-bond donors (Lipinski definition) is 1. The maximum Gasteiger partial charge on any atom is 0.260 e. The van der Waals surface area contributed by atoms with Crippen LogP contribution in [0.5, 0.6) is 5.75 Å². The zero-order valence-corrected chi connectivity index (χ0v) is 18.0. The number of carbonyl (C=O) groups excluding carboxylic acids is 2. The molecule has 8 nitrogen and oxygen atoms in total. The first-order chi connectivity index (χ1) is 15.1. The van der Waals surface area contributed by atoms with Crippen molar-refractivity contribution < 1.29 is 14.3 Å². The molecule has 0 saturated carbocycles. The molecule has 0 radical (unpaired) electrons. The fourth-order valence-corrected chi connectivity index (χ4v) is 4.03. The van der Waals surface area contributed by atoms with Gasteiger partial charge in [0, 0.05) is 44.9 Å². The number of hydrogen-bond acceptors (Lipinski definition) is 7. The number of aromatic nitrogens is 2. The lowest BCUT2D eigenvalue weighted by atomic mass is 10.3. The van der Waals surface area contributed by atoms with Crippen LogP contribution in [0.15, 0.2) is 53.9 Å². The molecule has 2 amide bonds. The van der Waals surface area contributed by atoms with E-state index in [1.165, 1.54) is 6.92 Å². The van der Waals surface area contributed by atoms with Crippen molar-refractivity contribution in [1.82, 2.24) is 15.1 Å². The monoisotopic (exact) mass is 437 g/mol. The van der Waals surface area contributed by atoms with E-state index in [9.17, 15) is 9.59 Å². The minimum Gasteiger partial charge on any atom is -0.484 e. The summed E-state index contributed by atoms with van der Waals surface area (Å²) in [5.74, 6) is 1.14. The molecule has 1 saturated heterocycles. The Balaban J connectivity index is 1.27.